The van der Waals surface area contributed by atoms with E-state index in [0.717, 1.165) is 38.1 Å². The standard InChI is InChI=1S/C19H33BN4O3/c1-18(2)19(3,4)27-20(26-18)16-12-22-17(23-13-16)25-11-7-15-6-5-9-24(14-15)10-8-21/h12-13,15H,5-11,14,21H2,1-4H3. The molecular formula is C19H33BN4O3. The fourth-order valence-electron chi connectivity index (χ4n) is 3.59. The molecule has 7 nitrogen and oxygen atoms in total. The molecule has 27 heavy (non-hydrogen) atoms. The van der Waals surface area contributed by atoms with Crippen LogP contribution < -0.4 is 15.9 Å². The summed E-state index contributed by atoms with van der Waals surface area (Å²) in [5, 5.41) is 0. The molecule has 1 unspecified atom stereocenters. The van der Waals surface area contributed by atoms with Gasteiger partial charge in [0.05, 0.1) is 17.8 Å². The van der Waals surface area contributed by atoms with Crippen LogP contribution in [-0.2, 0) is 9.31 Å². The van der Waals surface area contributed by atoms with Gasteiger partial charge in [0.25, 0.3) is 0 Å². The fourth-order valence-corrected chi connectivity index (χ4v) is 3.59. The molecule has 0 spiro atoms. The number of ether oxygens (including phenoxy) is 1. The quantitative estimate of drug-likeness (QED) is 0.717. The van der Waals surface area contributed by atoms with Gasteiger partial charge < -0.3 is 24.7 Å². The molecule has 2 fully saturated rings. The van der Waals surface area contributed by atoms with E-state index in [4.69, 9.17) is 19.8 Å². The van der Waals surface area contributed by atoms with Crippen LogP contribution >= 0.6 is 0 Å². The Kier molecular flexibility index (Phi) is 6.41. The number of likely N-dealkylation sites (tertiary alicyclic amines) is 1. The molecule has 2 N–H and O–H groups in total. The van der Waals surface area contributed by atoms with Crippen LogP contribution in [0.1, 0.15) is 47.0 Å². The third-order valence-electron chi connectivity index (χ3n) is 5.98. The van der Waals surface area contributed by atoms with E-state index in [9.17, 15) is 0 Å². The molecule has 3 rings (SSSR count). The van der Waals surface area contributed by atoms with Gasteiger partial charge in [0.2, 0.25) is 0 Å². The summed E-state index contributed by atoms with van der Waals surface area (Å²) in [6.07, 6.45) is 6.97. The maximum atomic E-state index is 6.02. The zero-order valence-corrected chi connectivity index (χ0v) is 17.1. The lowest BCUT2D eigenvalue weighted by molar-refractivity contribution is 0.00578. The minimum absolute atomic E-state index is 0.370. The number of piperidine rings is 1. The highest BCUT2D eigenvalue weighted by atomic mass is 16.7. The maximum absolute atomic E-state index is 6.02. The smallest absolute Gasteiger partial charge is 0.463 e. The van der Waals surface area contributed by atoms with Crippen molar-refractivity contribution in [1.29, 1.82) is 0 Å². The summed E-state index contributed by atoms with van der Waals surface area (Å²) < 4.78 is 17.8. The number of nitrogens with zero attached hydrogens (tertiary/aromatic N) is 3. The molecule has 0 bridgehead atoms. The van der Waals surface area contributed by atoms with E-state index in [1.807, 2.05) is 27.7 Å². The number of aromatic nitrogens is 2. The summed E-state index contributed by atoms with van der Waals surface area (Å²) in [6.45, 7) is 12.8. The highest BCUT2D eigenvalue weighted by Crippen LogP contribution is 2.36. The largest absolute Gasteiger partial charge is 0.498 e. The van der Waals surface area contributed by atoms with Crippen molar-refractivity contribution in [3.05, 3.63) is 12.4 Å². The first-order valence-corrected chi connectivity index (χ1v) is 10.0. The molecule has 8 heteroatoms. The highest BCUT2D eigenvalue weighted by Gasteiger charge is 2.51. The van der Waals surface area contributed by atoms with Crippen molar-refractivity contribution in [3.63, 3.8) is 0 Å². The van der Waals surface area contributed by atoms with Gasteiger partial charge >= 0.3 is 13.1 Å². The molecule has 1 atom stereocenters. The van der Waals surface area contributed by atoms with Crippen molar-refractivity contribution >= 4 is 12.6 Å². The second-order valence-corrected chi connectivity index (χ2v) is 8.62. The second-order valence-electron chi connectivity index (χ2n) is 8.62. The zero-order chi connectivity index (χ0) is 19.5. The second kappa shape index (κ2) is 8.43. The predicted molar refractivity (Wildman–Crippen MR) is 106 cm³/mol. The van der Waals surface area contributed by atoms with Crippen molar-refractivity contribution in [2.75, 3.05) is 32.8 Å². The summed E-state index contributed by atoms with van der Waals surface area (Å²) in [5.74, 6) is 0.661. The average molecular weight is 376 g/mol. The van der Waals surface area contributed by atoms with Gasteiger partial charge in [-0.2, -0.15) is 0 Å². The number of hydrogen-bond acceptors (Lipinski definition) is 7. The van der Waals surface area contributed by atoms with E-state index in [1.54, 1.807) is 12.4 Å². The van der Waals surface area contributed by atoms with Gasteiger partial charge in [-0.05, 0) is 59.4 Å². The number of nitrogens with two attached hydrogens (primary N) is 1. The van der Waals surface area contributed by atoms with E-state index >= 15 is 0 Å². The van der Waals surface area contributed by atoms with E-state index < -0.39 is 7.12 Å². The normalized spacial score (nSPS) is 24.9. The van der Waals surface area contributed by atoms with Gasteiger partial charge in [-0.3, -0.25) is 0 Å². The predicted octanol–water partition coefficient (Wildman–Crippen LogP) is 1.22. The van der Waals surface area contributed by atoms with Crippen LogP contribution in [0.25, 0.3) is 0 Å². The first-order valence-electron chi connectivity index (χ1n) is 10.0. The molecule has 2 saturated heterocycles. The molecule has 0 radical (unpaired) electrons. The van der Waals surface area contributed by atoms with Gasteiger partial charge in [-0.1, -0.05) is 0 Å². The molecular weight excluding hydrogens is 343 g/mol. The van der Waals surface area contributed by atoms with Crippen LogP contribution in [0.5, 0.6) is 6.01 Å². The van der Waals surface area contributed by atoms with Crippen LogP contribution in [0.2, 0.25) is 0 Å². The maximum Gasteiger partial charge on any atom is 0.498 e. The summed E-state index contributed by atoms with van der Waals surface area (Å²) in [5.41, 5.74) is 5.74. The van der Waals surface area contributed by atoms with Crippen molar-refractivity contribution in [3.8, 4) is 6.01 Å². The minimum atomic E-state index is -0.445. The van der Waals surface area contributed by atoms with Crippen LogP contribution in [0, 0.1) is 5.92 Å². The van der Waals surface area contributed by atoms with Gasteiger partial charge in [-0.25, -0.2) is 9.97 Å². The molecule has 2 aliphatic heterocycles. The molecule has 0 aliphatic carbocycles. The Bertz CT molecular complexity index is 593. The van der Waals surface area contributed by atoms with Gasteiger partial charge in [-0.15, -0.1) is 0 Å². The molecule has 3 heterocycles. The van der Waals surface area contributed by atoms with Crippen molar-refractivity contribution in [1.82, 2.24) is 14.9 Å². The van der Waals surface area contributed by atoms with Crippen molar-refractivity contribution in [2.45, 2.75) is 58.2 Å². The van der Waals surface area contributed by atoms with Crippen molar-refractivity contribution < 1.29 is 14.0 Å². The topological polar surface area (TPSA) is 82.7 Å². The molecule has 0 saturated carbocycles. The SMILES string of the molecule is CC1(C)OB(c2cnc(OCCC3CCCN(CCN)C3)nc2)OC1(C)C. The molecule has 150 valence electrons. The van der Waals surface area contributed by atoms with E-state index in [2.05, 4.69) is 14.9 Å². The zero-order valence-electron chi connectivity index (χ0n) is 17.1. The Morgan fingerprint density at radius 1 is 1.22 bits per heavy atom. The van der Waals surface area contributed by atoms with E-state index in [0.29, 0.717) is 18.5 Å². The van der Waals surface area contributed by atoms with Crippen LogP contribution in [-0.4, -0.2) is 66.0 Å². The summed E-state index contributed by atoms with van der Waals surface area (Å²) >= 11 is 0. The Morgan fingerprint density at radius 3 is 2.52 bits per heavy atom. The van der Waals surface area contributed by atoms with E-state index in [-0.39, 0.29) is 11.2 Å². The monoisotopic (exact) mass is 376 g/mol. The van der Waals surface area contributed by atoms with Crippen LogP contribution in [0.4, 0.5) is 0 Å². The Morgan fingerprint density at radius 2 is 1.89 bits per heavy atom. The molecule has 0 aromatic carbocycles. The first-order chi connectivity index (χ1) is 12.8. The van der Waals surface area contributed by atoms with Crippen molar-refractivity contribution in [2.24, 2.45) is 11.7 Å². The molecule has 1 aromatic heterocycles. The first kappa shape index (κ1) is 20.5. The van der Waals surface area contributed by atoms with E-state index in [1.165, 1.54) is 12.8 Å². The lowest BCUT2D eigenvalue weighted by Crippen LogP contribution is -2.41. The van der Waals surface area contributed by atoms with Crippen LogP contribution in [0.15, 0.2) is 12.4 Å². The van der Waals surface area contributed by atoms with Gasteiger partial charge in [0.15, 0.2) is 0 Å². The number of rotatable bonds is 7. The summed E-state index contributed by atoms with van der Waals surface area (Å²) in [4.78, 5) is 11.1. The highest BCUT2D eigenvalue weighted by molar-refractivity contribution is 6.61. The third-order valence-corrected chi connectivity index (χ3v) is 5.98. The summed E-state index contributed by atoms with van der Waals surface area (Å²) in [7, 11) is -0.445. The average Bonchev–Trinajstić information content (AvgIpc) is 2.84. The Balaban J connectivity index is 1.46. The van der Waals surface area contributed by atoms with Gasteiger partial charge in [0, 0.05) is 37.5 Å². The minimum Gasteiger partial charge on any atom is -0.463 e. The molecule has 0 amide bonds. The fraction of sp³-hybridized carbons (Fsp3) is 0.789. The Hall–Kier alpha value is -1.22. The van der Waals surface area contributed by atoms with Crippen LogP contribution in [0.3, 0.4) is 0 Å². The molecule has 1 aromatic rings. The third kappa shape index (κ3) is 4.99. The number of hydrogen-bond donors (Lipinski definition) is 1. The lowest BCUT2D eigenvalue weighted by atomic mass is 9.81. The van der Waals surface area contributed by atoms with Gasteiger partial charge in [0.1, 0.15) is 0 Å². The lowest BCUT2D eigenvalue weighted by Gasteiger charge is -2.32. The Labute approximate surface area is 163 Å². The molecule has 2 aliphatic rings. The summed E-state index contributed by atoms with van der Waals surface area (Å²) in [6, 6.07) is 0.407.